The number of esters is 1. The molecule has 3 aromatic rings. The maximum Gasteiger partial charge on any atom is 0.337 e. The fraction of sp³-hybridized carbons (Fsp3) is 0.240. The van der Waals surface area contributed by atoms with Crippen molar-refractivity contribution in [3.63, 3.8) is 0 Å². The lowest BCUT2D eigenvalue weighted by Crippen LogP contribution is -2.15. The number of Topliss-reactive ketones (excluding diaryl/α,β-unsaturated/α-hetero) is 1. The van der Waals surface area contributed by atoms with Crippen LogP contribution in [0.2, 0.25) is 0 Å². The molecule has 1 N–H and O–H groups in total. The highest BCUT2D eigenvalue weighted by Crippen LogP contribution is 2.25. The Bertz CT molecular complexity index is 1070. The maximum atomic E-state index is 12.0. The van der Waals surface area contributed by atoms with Crippen LogP contribution in [0, 0.1) is 6.92 Å². The van der Waals surface area contributed by atoms with Crippen molar-refractivity contribution in [2.24, 2.45) is 0 Å². The normalized spacial score (nSPS) is 11.9. The van der Waals surface area contributed by atoms with Gasteiger partial charge in [0, 0.05) is 19.0 Å². The van der Waals surface area contributed by atoms with Crippen molar-refractivity contribution in [3.8, 4) is 0 Å². The molecule has 0 aliphatic carbocycles. The lowest BCUT2D eigenvalue weighted by Gasteiger charge is -2.17. The predicted octanol–water partition coefficient (Wildman–Crippen LogP) is 4.96. The van der Waals surface area contributed by atoms with Crippen molar-refractivity contribution in [3.05, 3.63) is 89.1 Å². The second-order valence-corrected chi connectivity index (χ2v) is 7.19. The van der Waals surface area contributed by atoms with Gasteiger partial charge in [-0.3, -0.25) is 4.79 Å². The van der Waals surface area contributed by atoms with Gasteiger partial charge in [-0.1, -0.05) is 55.0 Å². The average molecular weight is 418 g/mol. The van der Waals surface area contributed by atoms with E-state index in [-0.39, 0.29) is 11.8 Å². The third-order valence-corrected chi connectivity index (χ3v) is 4.82. The maximum absolute atomic E-state index is 12.0. The molecule has 1 aliphatic heterocycles. The minimum Gasteiger partial charge on any atom is -0.465 e. The Balaban J connectivity index is 0.000000210. The SMILES string of the molecule is CCCC(=O)c1cc2n(n1)C(c1ccccc1)=CCN2.COC(=O)c1ccc(C)cc1. The van der Waals surface area contributed by atoms with Crippen LogP contribution in [0.4, 0.5) is 5.82 Å². The topological polar surface area (TPSA) is 73.2 Å². The summed E-state index contributed by atoms with van der Waals surface area (Å²) < 4.78 is 6.36. The third kappa shape index (κ3) is 5.48. The van der Waals surface area contributed by atoms with Gasteiger partial charge in [0.25, 0.3) is 0 Å². The van der Waals surface area contributed by atoms with Crippen LogP contribution in [0.25, 0.3) is 5.70 Å². The van der Waals surface area contributed by atoms with Crippen molar-refractivity contribution >= 4 is 23.3 Å². The number of rotatable bonds is 5. The zero-order valence-corrected chi connectivity index (χ0v) is 18.1. The van der Waals surface area contributed by atoms with Gasteiger partial charge in [0.05, 0.1) is 18.4 Å². The number of ketones is 1. The Morgan fingerprint density at radius 1 is 1.10 bits per heavy atom. The van der Waals surface area contributed by atoms with Crippen LogP contribution in [-0.4, -0.2) is 35.2 Å². The fourth-order valence-corrected chi connectivity index (χ4v) is 3.18. The van der Waals surface area contributed by atoms with E-state index in [0.29, 0.717) is 17.7 Å². The molecule has 0 unspecified atom stereocenters. The zero-order chi connectivity index (χ0) is 22.2. The largest absolute Gasteiger partial charge is 0.465 e. The van der Waals surface area contributed by atoms with Gasteiger partial charge >= 0.3 is 5.97 Å². The molecule has 2 aromatic carbocycles. The quantitative estimate of drug-likeness (QED) is 0.469. The molecule has 0 saturated carbocycles. The first-order valence-corrected chi connectivity index (χ1v) is 10.3. The van der Waals surface area contributed by atoms with Gasteiger partial charge in [-0.05, 0) is 37.1 Å². The van der Waals surface area contributed by atoms with Gasteiger partial charge in [-0.15, -0.1) is 0 Å². The molecular formula is C25H27N3O3. The van der Waals surface area contributed by atoms with E-state index in [0.717, 1.165) is 35.6 Å². The van der Waals surface area contributed by atoms with Gasteiger partial charge in [-0.2, -0.15) is 5.10 Å². The van der Waals surface area contributed by atoms with Gasteiger partial charge in [0.1, 0.15) is 11.5 Å². The van der Waals surface area contributed by atoms with E-state index in [1.54, 1.807) is 12.1 Å². The molecule has 0 fully saturated rings. The summed E-state index contributed by atoms with van der Waals surface area (Å²) in [7, 11) is 1.38. The van der Waals surface area contributed by atoms with Gasteiger partial charge < -0.3 is 10.1 Å². The van der Waals surface area contributed by atoms with Crippen molar-refractivity contribution in [2.45, 2.75) is 26.7 Å². The summed E-state index contributed by atoms with van der Waals surface area (Å²) in [6.07, 6.45) is 3.47. The second-order valence-electron chi connectivity index (χ2n) is 7.19. The van der Waals surface area contributed by atoms with E-state index in [1.165, 1.54) is 7.11 Å². The molecule has 6 heteroatoms. The molecule has 0 amide bonds. The number of fused-ring (bicyclic) bond motifs is 1. The summed E-state index contributed by atoms with van der Waals surface area (Å²) in [6, 6.07) is 19.2. The number of anilines is 1. The van der Waals surface area contributed by atoms with E-state index in [1.807, 2.05) is 54.9 Å². The number of carbonyl (C=O) groups excluding carboxylic acids is 2. The first-order valence-electron chi connectivity index (χ1n) is 10.3. The lowest BCUT2D eigenvalue weighted by molar-refractivity contribution is 0.0600. The molecular weight excluding hydrogens is 390 g/mol. The molecule has 0 spiro atoms. The van der Waals surface area contributed by atoms with Gasteiger partial charge in [0.2, 0.25) is 0 Å². The third-order valence-electron chi connectivity index (χ3n) is 4.82. The minimum absolute atomic E-state index is 0.101. The molecule has 4 rings (SSSR count). The Morgan fingerprint density at radius 2 is 1.81 bits per heavy atom. The number of ether oxygens (including phenoxy) is 1. The van der Waals surface area contributed by atoms with Crippen molar-refractivity contribution < 1.29 is 14.3 Å². The molecule has 2 heterocycles. The Hall–Kier alpha value is -3.67. The van der Waals surface area contributed by atoms with Crippen LogP contribution in [0.1, 0.15) is 51.7 Å². The Labute approximate surface area is 182 Å². The van der Waals surface area contributed by atoms with Crippen LogP contribution in [0.5, 0.6) is 0 Å². The first kappa shape index (κ1) is 22.0. The molecule has 160 valence electrons. The van der Waals surface area contributed by atoms with E-state index in [4.69, 9.17) is 0 Å². The summed E-state index contributed by atoms with van der Waals surface area (Å²) in [5.41, 5.74) is 4.40. The van der Waals surface area contributed by atoms with Crippen LogP contribution >= 0.6 is 0 Å². The average Bonchev–Trinajstić information content (AvgIpc) is 3.25. The van der Waals surface area contributed by atoms with Crippen LogP contribution in [0.3, 0.4) is 0 Å². The minimum atomic E-state index is -0.287. The predicted molar refractivity (Wildman–Crippen MR) is 122 cm³/mol. The van der Waals surface area contributed by atoms with E-state index in [9.17, 15) is 9.59 Å². The van der Waals surface area contributed by atoms with E-state index >= 15 is 0 Å². The molecule has 6 nitrogen and oxygen atoms in total. The first-order chi connectivity index (χ1) is 15.0. The Kier molecular flexibility index (Phi) is 7.38. The zero-order valence-electron chi connectivity index (χ0n) is 18.1. The van der Waals surface area contributed by atoms with Crippen LogP contribution in [0.15, 0.2) is 66.7 Å². The molecule has 0 bridgehead atoms. The number of nitrogens with one attached hydrogen (secondary N) is 1. The van der Waals surface area contributed by atoms with E-state index in [2.05, 4.69) is 33.4 Å². The molecule has 1 aliphatic rings. The Morgan fingerprint density at radius 3 is 2.45 bits per heavy atom. The van der Waals surface area contributed by atoms with Gasteiger partial charge in [-0.25, -0.2) is 9.48 Å². The molecule has 0 saturated heterocycles. The number of carbonyl (C=O) groups is 2. The highest BCUT2D eigenvalue weighted by molar-refractivity contribution is 5.95. The number of benzene rings is 2. The van der Waals surface area contributed by atoms with Crippen LogP contribution in [-0.2, 0) is 4.74 Å². The smallest absolute Gasteiger partial charge is 0.337 e. The number of hydrogen-bond acceptors (Lipinski definition) is 5. The van der Waals surface area contributed by atoms with Crippen LogP contribution < -0.4 is 5.32 Å². The summed E-state index contributed by atoms with van der Waals surface area (Å²) in [6.45, 7) is 4.72. The number of hydrogen-bond donors (Lipinski definition) is 1. The number of nitrogens with zero attached hydrogens (tertiary/aromatic N) is 2. The fourth-order valence-electron chi connectivity index (χ4n) is 3.18. The highest BCUT2D eigenvalue weighted by Gasteiger charge is 2.19. The lowest BCUT2D eigenvalue weighted by atomic mass is 10.1. The second kappa shape index (κ2) is 10.4. The summed E-state index contributed by atoms with van der Waals surface area (Å²) >= 11 is 0. The summed E-state index contributed by atoms with van der Waals surface area (Å²) in [5.74, 6) is 0.694. The van der Waals surface area contributed by atoms with Crippen molar-refractivity contribution in [2.75, 3.05) is 19.0 Å². The molecule has 1 aromatic heterocycles. The standard InChI is InChI=1S/C16H17N3O.C9H10O2/c1-2-6-15(20)13-11-16-17-10-9-14(19(16)18-13)12-7-4-3-5-8-12;1-7-3-5-8(6-4-7)9(10)11-2/h3-5,7-9,11,17H,2,6,10H2,1H3;3-6H,1-2H3. The molecule has 31 heavy (non-hydrogen) atoms. The highest BCUT2D eigenvalue weighted by atomic mass is 16.5. The van der Waals surface area contributed by atoms with E-state index < -0.39 is 0 Å². The summed E-state index contributed by atoms with van der Waals surface area (Å²) in [4.78, 5) is 22.9. The monoisotopic (exact) mass is 417 g/mol. The van der Waals surface area contributed by atoms with Gasteiger partial charge in [0.15, 0.2) is 5.78 Å². The summed E-state index contributed by atoms with van der Waals surface area (Å²) in [5, 5.41) is 7.72. The number of aryl methyl sites for hydroxylation is 1. The molecule has 0 radical (unpaired) electrons. The molecule has 0 atom stereocenters. The number of methoxy groups -OCH3 is 1. The van der Waals surface area contributed by atoms with Crippen molar-refractivity contribution in [1.82, 2.24) is 9.78 Å². The number of aromatic nitrogens is 2. The van der Waals surface area contributed by atoms with Crippen molar-refractivity contribution in [1.29, 1.82) is 0 Å².